The van der Waals surface area contributed by atoms with Crippen molar-refractivity contribution >= 4 is 5.91 Å². The van der Waals surface area contributed by atoms with Gasteiger partial charge >= 0.3 is 0 Å². The average molecular weight is 273 g/mol. The van der Waals surface area contributed by atoms with Gasteiger partial charge in [-0.05, 0) is 39.8 Å². The molecule has 0 radical (unpaired) electrons. The topological polar surface area (TPSA) is 87.8 Å². The lowest BCUT2D eigenvalue weighted by molar-refractivity contribution is -0.120. The second-order valence-corrected chi connectivity index (χ2v) is 5.41. The molecule has 6 nitrogen and oxygen atoms in total. The molecule has 0 aliphatic carbocycles. The summed E-state index contributed by atoms with van der Waals surface area (Å²) in [6.45, 7) is 6.67. The van der Waals surface area contributed by atoms with Gasteiger partial charge in [-0.1, -0.05) is 0 Å². The summed E-state index contributed by atoms with van der Waals surface area (Å²) < 4.78 is 5.39. The number of nitrogens with one attached hydrogen (secondary N) is 1. The lowest BCUT2D eigenvalue weighted by Gasteiger charge is -2.35. The molecule has 0 aromatic carbocycles. The van der Waals surface area contributed by atoms with Crippen LogP contribution in [0.2, 0.25) is 0 Å². The maximum absolute atomic E-state index is 11.2. The second-order valence-electron chi connectivity index (χ2n) is 5.41. The number of ether oxygens (including phenoxy) is 1. The summed E-state index contributed by atoms with van der Waals surface area (Å²) in [5, 5.41) is 13.3. The van der Waals surface area contributed by atoms with Crippen LogP contribution in [0.15, 0.2) is 0 Å². The van der Waals surface area contributed by atoms with Crippen LogP contribution in [0.5, 0.6) is 0 Å². The summed E-state index contributed by atoms with van der Waals surface area (Å²) in [4.78, 5) is 13.1. The molecule has 1 rings (SSSR count). The monoisotopic (exact) mass is 273 g/mol. The smallest absolute Gasteiger partial charge is 0.231 e. The van der Waals surface area contributed by atoms with Gasteiger partial charge in [0.1, 0.15) is 0 Å². The Morgan fingerprint density at radius 3 is 2.63 bits per heavy atom. The van der Waals surface area contributed by atoms with Gasteiger partial charge in [0.05, 0.1) is 25.4 Å². The van der Waals surface area contributed by atoms with Gasteiger partial charge in [-0.2, -0.15) is 0 Å². The predicted molar refractivity (Wildman–Crippen MR) is 73.8 cm³/mol. The molecule has 1 fully saturated rings. The first-order chi connectivity index (χ1) is 8.99. The first-order valence-corrected chi connectivity index (χ1v) is 7.01. The maximum Gasteiger partial charge on any atom is 0.231 e. The van der Waals surface area contributed by atoms with Crippen LogP contribution in [-0.4, -0.2) is 66.9 Å². The Labute approximate surface area is 115 Å². The number of rotatable bonds is 8. The molecule has 0 aromatic rings. The maximum atomic E-state index is 11.2. The molecule has 19 heavy (non-hydrogen) atoms. The SMILES string of the molecule is CC(C)OCC(O)CN(CC(N)=O)C1CCNCC1. The fourth-order valence-electron chi connectivity index (χ4n) is 2.34. The average Bonchev–Trinajstić information content (AvgIpc) is 2.36. The first-order valence-electron chi connectivity index (χ1n) is 7.01. The van der Waals surface area contributed by atoms with Crippen LogP contribution < -0.4 is 11.1 Å². The van der Waals surface area contributed by atoms with Gasteiger partial charge in [0.25, 0.3) is 0 Å². The summed E-state index contributed by atoms with van der Waals surface area (Å²) in [6, 6.07) is 0.308. The van der Waals surface area contributed by atoms with Crippen LogP contribution in [0, 0.1) is 0 Å². The number of piperidine rings is 1. The summed E-state index contributed by atoms with van der Waals surface area (Å²) in [6.07, 6.45) is 1.46. The van der Waals surface area contributed by atoms with Crippen LogP contribution in [-0.2, 0) is 9.53 Å². The van der Waals surface area contributed by atoms with Crippen molar-refractivity contribution in [1.29, 1.82) is 0 Å². The van der Waals surface area contributed by atoms with Crippen molar-refractivity contribution in [1.82, 2.24) is 10.2 Å². The summed E-state index contributed by atoms with van der Waals surface area (Å²) >= 11 is 0. The fourth-order valence-corrected chi connectivity index (χ4v) is 2.34. The van der Waals surface area contributed by atoms with E-state index in [0.717, 1.165) is 25.9 Å². The molecule has 1 aliphatic rings. The summed E-state index contributed by atoms with van der Waals surface area (Å²) in [5.74, 6) is -0.351. The predicted octanol–water partition coefficient (Wildman–Crippen LogP) is -0.688. The van der Waals surface area contributed by atoms with Gasteiger partial charge in [0, 0.05) is 12.6 Å². The second kappa shape index (κ2) is 8.47. The normalized spacial score (nSPS) is 19.0. The zero-order valence-electron chi connectivity index (χ0n) is 12.0. The highest BCUT2D eigenvalue weighted by atomic mass is 16.5. The van der Waals surface area contributed by atoms with Gasteiger partial charge in [-0.15, -0.1) is 0 Å². The van der Waals surface area contributed by atoms with Gasteiger partial charge in [-0.3, -0.25) is 9.69 Å². The lowest BCUT2D eigenvalue weighted by Crippen LogP contribution is -2.49. The highest BCUT2D eigenvalue weighted by molar-refractivity contribution is 5.75. The minimum absolute atomic E-state index is 0.0955. The van der Waals surface area contributed by atoms with E-state index >= 15 is 0 Å². The molecule has 112 valence electrons. The Morgan fingerprint density at radius 2 is 2.11 bits per heavy atom. The largest absolute Gasteiger partial charge is 0.389 e. The number of hydrogen-bond donors (Lipinski definition) is 3. The summed E-state index contributed by atoms with van der Waals surface area (Å²) in [5.41, 5.74) is 5.29. The lowest BCUT2D eigenvalue weighted by atomic mass is 10.0. The Balaban J connectivity index is 2.45. The zero-order valence-corrected chi connectivity index (χ0v) is 12.0. The highest BCUT2D eigenvalue weighted by Crippen LogP contribution is 2.12. The van der Waals surface area contributed by atoms with Crippen molar-refractivity contribution in [2.24, 2.45) is 5.73 Å². The van der Waals surface area contributed by atoms with E-state index in [1.807, 2.05) is 18.7 Å². The van der Waals surface area contributed by atoms with E-state index in [0.29, 0.717) is 12.6 Å². The number of hydrogen-bond acceptors (Lipinski definition) is 5. The first kappa shape index (κ1) is 16.4. The molecular formula is C13H27N3O3. The third-order valence-electron chi connectivity index (χ3n) is 3.25. The Morgan fingerprint density at radius 1 is 1.47 bits per heavy atom. The van der Waals surface area contributed by atoms with Crippen LogP contribution in [0.3, 0.4) is 0 Å². The number of amides is 1. The fraction of sp³-hybridized carbons (Fsp3) is 0.923. The molecule has 0 saturated carbocycles. The molecule has 6 heteroatoms. The Hall–Kier alpha value is -0.690. The number of aliphatic hydroxyl groups is 1. The minimum Gasteiger partial charge on any atom is -0.389 e. The standard InChI is InChI=1S/C13H27N3O3/c1-10(2)19-9-12(17)7-16(8-13(14)18)11-3-5-15-6-4-11/h10-12,15,17H,3-9H2,1-2H3,(H2,14,18). The van der Waals surface area contributed by atoms with Gasteiger partial charge in [-0.25, -0.2) is 0 Å². The minimum atomic E-state index is -0.586. The quantitative estimate of drug-likeness (QED) is 0.545. The molecule has 1 unspecified atom stereocenters. The van der Waals surface area contributed by atoms with E-state index in [1.165, 1.54) is 0 Å². The molecule has 1 atom stereocenters. The molecule has 1 aliphatic heterocycles. The van der Waals surface area contributed by atoms with E-state index in [9.17, 15) is 9.90 Å². The zero-order chi connectivity index (χ0) is 14.3. The van der Waals surface area contributed by atoms with E-state index in [4.69, 9.17) is 10.5 Å². The van der Waals surface area contributed by atoms with Crippen LogP contribution >= 0.6 is 0 Å². The number of carbonyl (C=O) groups excluding carboxylic acids is 1. The van der Waals surface area contributed by atoms with Crippen LogP contribution in [0.25, 0.3) is 0 Å². The molecule has 0 spiro atoms. The molecule has 1 saturated heterocycles. The van der Waals surface area contributed by atoms with E-state index in [2.05, 4.69) is 5.32 Å². The number of aliphatic hydroxyl groups excluding tert-OH is 1. The molecule has 1 heterocycles. The molecule has 0 aromatic heterocycles. The highest BCUT2D eigenvalue weighted by Gasteiger charge is 2.24. The van der Waals surface area contributed by atoms with E-state index in [-0.39, 0.29) is 25.2 Å². The third-order valence-corrected chi connectivity index (χ3v) is 3.25. The number of carbonyl (C=O) groups is 1. The Kier molecular flexibility index (Phi) is 7.30. The summed E-state index contributed by atoms with van der Waals surface area (Å²) in [7, 11) is 0. The van der Waals surface area contributed by atoms with E-state index in [1.54, 1.807) is 0 Å². The molecule has 4 N–H and O–H groups in total. The van der Waals surface area contributed by atoms with Crippen molar-refractivity contribution in [2.45, 2.75) is 44.9 Å². The van der Waals surface area contributed by atoms with Gasteiger partial charge in [0.2, 0.25) is 5.91 Å². The van der Waals surface area contributed by atoms with Crippen molar-refractivity contribution < 1.29 is 14.6 Å². The van der Waals surface area contributed by atoms with Crippen LogP contribution in [0.4, 0.5) is 0 Å². The number of nitrogens with zero attached hydrogens (tertiary/aromatic N) is 1. The van der Waals surface area contributed by atoms with Crippen molar-refractivity contribution in [3.05, 3.63) is 0 Å². The van der Waals surface area contributed by atoms with E-state index < -0.39 is 6.10 Å². The van der Waals surface area contributed by atoms with Gasteiger partial charge < -0.3 is 20.9 Å². The molecule has 0 bridgehead atoms. The van der Waals surface area contributed by atoms with Crippen molar-refractivity contribution in [3.8, 4) is 0 Å². The van der Waals surface area contributed by atoms with Crippen molar-refractivity contribution in [3.63, 3.8) is 0 Å². The Bertz CT molecular complexity index is 268. The van der Waals surface area contributed by atoms with Gasteiger partial charge in [0.15, 0.2) is 0 Å². The van der Waals surface area contributed by atoms with Crippen LogP contribution in [0.1, 0.15) is 26.7 Å². The third kappa shape index (κ3) is 6.87. The molecule has 1 amide bonds. The number of primary amides is 1. The molecular weight excluding hydrogens is 246 g/mol. The van der Waals surface area contributed by atoms with Crippen molar-refractivity contribution in [2.75, 3.05) is 32.8 Å². The number of nitrogens with two attached hydrogens (primary N) is 1.